The molecule has 0 aliphatic heterocycles. The van der Waals surface area contributed by atoms with E-state index >= 15 is 0 Å². The van der Waals surface area contributed by atoms with Crippen LogP contribution in [-0.2, 0) is 0 Å². The van der Waals surface area contributed by atoms with Crippen LogP contribution in [0.25, 0.3) is 0 Å². The number of ether oxygens (including phenoxy) is 1. The predicted octanol–water partition coefficient (Wildman–Crippen LogP) is 3.81. The Morgan fingerprint density at radius 1 is 1.10 bits per heavy atom. The van der Waals surface area contributed by atoms with Crippen molar-refractivity contribution in [1.82, 2.24) is 4.98 Å². The summed E-state index contributed by atoms with van der Waals surface area (Å²) in [7, 11) is 0. The summed E-state index contributed by atoms with van der Waals surface area (Å²) < 4.78 is 5.14. The molecule has 0 spiro atoms. The average molecular weight is 310 g/mol. The van der Waals surface area contributed by atoms with Gasteiger partial charge in [0.25, 0.3) is 0 Å². The Morgan fingerprint density at radius 2 is 1.75 bits per heavy atom. The molecule has 4 nitrogen and oxygen atoms in total. The number of carbonyl (C=O) groups excluding carboxylic acids is 2. The first kappa shape index (κ1) is 14.5. The third-order valence-electron chi connectivity index (χ3n) is 2.50. The number of benzene rings is 1. The van der Waals surface area contributed by atoms with Crippen LogP contribution in [0.5, 0.6) is 5.75 Å². The number of pyridine rings is 1. The molecular formula is C14H9Cl2NO3. The van der Waals surface area contributed by atoms with E-state index in [-0.39, 0.29) is 21.5 Å². The first-order valence-corrected chi connectivity index (χ1v) is 6.37. The van der Waals surface area contributed by atoms with Crippen molar-refractivity contribution in [1.29, 1.82) is 0 Å². The van der Waals surface area contributed by atoms with Crippen molar-refractivity contribution in [3.8, 4) is 5.75 Å². The zero-order chi connectivity index (χ0) is 14.7. The fourth-order valence-corrected chi connectivity index (χ4v) is 1.73. The third kappa shape index (κ3) is 3.35. The zero-order valence-corrected chi connectivity index (χ0v) is 11.9. The fraction of sp³-hybridized carbons (Fsp3) is 0.0714. The molecular weight excluding hydrogens is 301 g/mol. The predicted molar refractivity (Wildman–Crippen MR) is 75.7 cm³/mol. The average Bonchev–Trinajstić information content (AvgIpc) is 2.42. The lowest BCUT2D eigenvalue weighted by Gasteiger charge is -2.05. The molecule has 102 valence electrons. The summed E-state index contributed by atoms with van der Waals surface area (Å²) in [6, 6.07) is 7.62. The van der Waals surface area contributed by atoms with E-state index in [9.17, 15) is 9.59 Å². The van der Waals surface area contributed by atoms with Crippen molar-refractivity contribution in [2.24, 2.45) is 0 Å². The smallest absolute Gasteiger partial charge is 0.345 e. The fourth-order valence-electron chi connectivity index (χ4n) is 1.46. The molecule has 0 bridgehead atoms. The molecule has 6 heteroatoms. The van der Waals surface area contributed by atoms with Gasteiger partial charge in [0.2, 0.25) is 0 Å². The highest BCUT2D eigenvalue weighted by atomic mass is 35.5. The van der Waals surface area contributed by atoms with E-state index in [0.717, 1.165) is 0 Å². The summed E-state index contributed by atoms with van der Waals surface area (Å²) in [6.07, 6.45) is 1.28. The van der Waals surface area contributed by atoms with E-state index in [1.807, 2.05) is 0 Å². The van der Waals surface area contributed by atoms with Gasteiger partial charge in [-0.25, -0.2) is 9.78 Å². The normalized spacial score (nSPS) is 10.2. The highest BCUT2D eigenvalue weighted by molar-refractivity contribution is 6.41. The number of esters is 1. The molecule has 0 unspecified atom stereocenters. The molecule has 0 saturated heterocycles. The van der Waals surface area contributed by atoms with E-state index in [2.05, 4.69) is 4.98 Å². The minimum Gasteiger partial charge on any atom is -0.423 e. The van der Waals surface area contributed by atoms with Crippen LogP contribution in [0.3, 0.4) is 0 Å². The molecule has 2 rings (SSSR count). The number of hydrogen-bond acceptors (Lipinski definition) is 4. The maximum absolute atomic E-state index is 11.9. The number of nitrogens with zero attached hydrogens (tertiary/aromatic N) is 1. The molecule has 1 aromatic carbocycles. The van der Waals surface area contributed by atoms with Gasteiger partial charge in [-0.1, -0.05) is 23.2 Å². The Labute approximate surface area is 125 Å². The van der Waals surface area contributed by atoms with Crippen LogP contribution in [0.4, 0.5) is 0 Å². The molecule has 0 N–H and O–H groups in total. The SMILES string of the molecule is CC(=O)c1ccc(OC(=O)c2cnc(Cl)c(Cl)c2)cc1. The Kier molecular flexibility index (Phi) is 4.37. The van der Waals surface area contributed by atoms with Gasteiger partial charge in [0.15, 0.2) is 5.78 Å². The lowest BCUT2D eigenvalue weighted by Crippen LogP contribution is -2.09. The maximum Gasteiger partial charge on any atom is 0.345 e. The maximum atomic E-state index is 11.9. The van der Waals surface area contributed by atoms with Crippen LogP contribution in [0.1, 0.15) is 27.6 Å². The van der Waals surface area contributed by atoms with E-state index < -0.39 is 5.97 Å². The lowest BCUT2D eigenvalue weighted by atomic mass is 10.1. The second-order valence-electron chi connectivity index (χ2n) is 3.97. The Balaban J connectivity index is 2.14. The molecule has 0 aliphatic carbocycles. The molecule has 1 heterocycles. The molecule has 20 heavy (non-hydrogen) atoms. The van der Waals surface area contributed by atoms with Gasteiger partial charge in [-0.2, -0.15) is 0 Å². The van der Waals surface area contributed by atoms with E-state index in [4.69, 9.17) is 27.9 Å². The molecule has 0 aliphatic rings. The largest absolute Gasteiger partial charge is 0.423 e. The first-order valence-electron chi connectivity index (χ1n) is 5.61. The van der Waals surface area contributed by atoms with Crippen LogP contribution in [0.2, 0.25) is 10.2 Å². The minimum atomic E-state index is -0.605. The molecule has 0 saturated carbocycles. The number of Topliss-reactive ketones (excluding diaryl/α,β-unsaturated/α-hetero) is 1. The number of aromatic nitrogens is 1. The van der Waals surface area contributed by atoms with Crippen LogP contribution in [-0.4, -0.2) is 16.7 Å². The highest BCUT2D eigenvalue weighted by Crippen LogP contribution is 2.21. The van der Waals surface area contributed by atoms with Crippen LogP contribution in [0.15, 0.2) is 36.5 Å². The Morgan fingerprint density at radius 3 is 2.30 bits per heavy atom. The third-order valence-corrected chi connectivity index (χ3v) is 3.19. The summed E-state index contributed by atoms with van der Waals surface area (Å²) >= 11 is 11.4. The highest BCUT2D eigenvalue weighted by Gasteiger charge is 2.11. The van der Waals surface area contributed by atoms with Crippen molar-refractivity contribution in [3.63, 3.8) is 0 Å². The van der Waals surface area contributed by atoms with Crippen LogP contribution < -0.4 is 4.74 Å². The van der Waals surface area contributed by atoms with Gasteiger partial charge in [0.1, 0.15) is 10.9 Å². The van der Waals surface area contributed by atoms with Gasteiger partial charge < -0.3 is 4.74 Å². The number of carbonyl (C=O) groups is 2. The number of rotatable bonds is 3. The molecule has 1 aromatic heterocycles. The van der Waals surface area contributed by atoms with Gasteiger partial charge >= 0.3 is 5.97 Å². The summed E-state index contributed by atoms with van der Waals surface area (Å²) in [4.78, 5) is 26.8. The van der Waals surface area contributed by atoms with Gasteiger partial charge in [-0.05, 0) is 37.3 Å². The number of halogens is 2. The second kappa shape index (κ2) is 6.03. The van der Waals surface area contributed by atoms with Gasteiger partial charge in [0.05, 0.1) is 10.6 Å². The minimum absolute atomic E-state index is 0.0587. The van der Waals surface area contributed by atoms with Gasteiger partial charge in [-0.15, -0.1) is 0 Å². The quantitative estimate of drug-likeness (QED) is 0.374. The Bertz CT molecular complexity index is 669. The molecule has 2 aromatic rings. The van der Waals surface area contributed by atoms with E-state index in [1.165, 1.54) is 19.2 Å². The zero-order valence-electron chi connectivity index (χ0n) is 10.4. The van der Waals surface area contributed by atoms with Crippen LogP contribution in [0, 0.1) is 0 Å². The second-order valence-corrected chi connectivity index (χ2v) is 4.73. The summed E-state index contributed by atoms with van der Waals surface area (Å²) in [5.74, 6) is -0.339. The van der Waals surface area contributed by atoms with Gasteiger partial charge in [0, 0.05) is 11.8 Å². The molecule has 0 amide bonds. The van der Waals surface area contributed by atoms with Crippen molar-refractivity contribution in [3.05, 3.63) is 57.8 Å². The topological polar surface area (TPSA) is 56.3 Å². The monoisotopic (exact) mass is 309 g/mol. The van der Waals surface area contributed by atoms with Crippen molar-refractivity contribution in [2.75, 3.05) is 0 Å². The summed E-state index contributed by atoms with van der Waals surface area (Å²) in [6.45, 7) is 1.46. The number of hydrogen-bond donors (Lipinski definition) is 0. The number of ketones is 1. The van der Waals surface area contributed by atoms with Gasteiger partial charge in [-0.3, -0.25) is 4.79 Å². The van der Waals surface area contributed by atoms with E-state index in [1.54, 1.807) is 24.3 Å². The van der Waals surface area contributed by atoms with Crippen molar-refractivity contribution in [2.45, 2.75) is 6.92 Å². The Hall–Kier alpha value is -1.91. The molecule has 0 fully saturated rings. The summed E-state index contributed by atoms with van der Waals surface area (Å²) in [5.41, 5.74) is 0.732. The molecule has 0 atom stereocenters. The van der Waals surface area contributed by atoms with E-state index in [0.29, 0.717) is 11.3 Å². The van der Waals surface area contributed by atoms with Crippen LogP contribution >= 0.6 is 23.2 Å². The standard InChI is InChI=1S/C14H9Cl2NO3/c1-8(18)9-2-4-11(5-3-9)20-14(19)10-6-12(15)13(16)17-7-10/h2-7H,1H3. The van der Waals surface area contributed by atoms with Crippen molar-refractivity contribution >= 4 is 35.0 Å². The van der Waals surface area contributed by atoms with Crippen molar-refractivity contribution < 1.29 is 14.3 Å². The summed E-state index contributed by atoms with van der Waals surface area (Å²) in [5, 5.41) is 0.294. The molecule has 0 radical (unpaired) electrons. The lowest BCUT2D eigenvalue weighted by molar-refractivity contribution is 0.0734. The first-order chi connectivity index (χ1) is 9.47.